The van der Waals surface area contributed by atoms with Crippen LogP contribution in [0.15, 0.2) is 23.3 Å². The Morgan fingerprint density at radius 1 is 0.729 bits per heavy atom. The van der Waals surface area contributed by atoms with Crippen molar-refractivity contribution >= 4 is 32.7 Å². The summed E-state index contributed by atoms with van der Waals surface area (Å²) in [5.74, 6) is -1.05. The van der Waals surface area contributed by atoms with Crippen molar-refractivity contribution in [2.45, 2.75) is 242 Å². The number of rotatable bonds is 18. The zero-order valence-corrected chi connectivity index (χ0v) is 50.9. The van der Waals surface area contributed by atoms with Gasteiger partial charge in [0.05, 0.1) is 43.4 Å². The van der Waals surface area contributed by atoms with E-state index in [2.05, 4.69) is 44.0 Å². The van der Waals surface area contributed by atoms with E-state index >= 15 is 0 Å². The smallest absolute Gasteiger partial charge is 0.397 e. The Balaban J connectivity index is 0.899. The molecule has 9 N–H and O–H groups in total. The minimum absolute atomic E-state index is 0.0239. The molecule has 1 spiro atoms. The lowest BCUT2D eigenvalue weighted by molar-refractivity contribution is -0.382. The van der Waals surface area contributed by atoms with Gasteiger partial charge in [0.2, 0.25) is 0 Å². The van der Waals surface area contributed by atoms with E-state index < -0.39 is 191 Å². The molecule has 3 saturated carbocycles. The van der Waals surface area contributed by atoms with E-state index in [4.69, 9.17) is 60.8 Å². The first kappa shape index (κ1) is 66.9. The van der Waals surface area contributed by atoms with Crippen LogP contribution in [-0.4, -0.2) is 229 Å². The molecule has 0 aromatic carbocycles. The lowest BCUT2D eigenvalue weighted by atomic mass is 9.41. The van der Waals surface area contributed by atoms with Gasteiger partial charge < -0.3 is 87.9 Å². The normalized spacial score (nSPS) is 48.0. The molecule has 28 nitrogen and oxygen atoms in total. The maximum Gasteiger partial charge on any atom is 0.397 e. The predicted molar refractivity (Wildman–Crippen MR) is 286 cm³/mol. The number of ether oxygens (including phenoxy) is 11. The second-order valence-electron chi connectivity index (χ2n) is 26.1. The molecule has 9 aliphatic rings. The first-order chi connectivity index (χ1) is 39.5. The molecule has 0 unspecified atom stereocenters. The van der Waals surface area contributed by atoms with Gasteiger partial charge in [-0.25, -0.2) is 8.37 Å². The molecule has 486 valence electrons. The van der Waals surface area contributed by atoms with Crippen LogP contribution in [0.25, 0.3) is 0 Å². The SMILES string of the molecule is CO[C@@H]1[C@@H](O)[C@H](O[C@@H]2[C@@H](O)[C@H](O[C@H]3[C@H](O)[C@@H](O)[C@H](O[C@H]4[C@H](O[C@H]5CC[C@]6(C)[C@@H]7CC[C@]89C(=O)O[C@@](C)(CCC=C(C)C)[C@H]8[C@@H](OC(C)=O)C[C@@]9(C)C7=CC[C@H]6C5(C)C)OC[C@@H](OS(=O)(=O)O)[C@@H]4O)O[C@@H]3C)OC[C@H]2O)O[C@H](COS(=O)(=O)O)[C@H]1O. The molecule has 5 saturated heterocycles. The third kappa shape index (κ3) is 12.4. The molecule has 0 radical (unpaired) electrons. The Labute approximate surface area is 494 Å². The number of aliphatic hydroxyl groups is 7. The minimum atomic E-state index is -5.19. The predicted octanol–water partition coefficient (Wildman–Crippen LogP) is 0.447. The van der Waals surface area contributed by atoms with Crippen molar-refractivity contribution in [2.75, 3.05) is 26.9 Å². The number of aliphatic hydroxyl groups excluding tert-OH is 7. The highest BCUT2D eigenvalue weighted by atomic mass is 32.3. The average molecular weight is 1260 g/mol. The zero-order valence-electron chi connectivity index (χ0n) is 49.3. The molecule has 9 rings (SSSR count). The fourth-order valence-corrected chi connectivity index (χ4v) is 17.2. The molecule has 0 amide bonds. The third-order valence-electron chi connectivity index (χ3n) is 20.4. The van der Waals surface area contributed by atoms with Crippen LogP contribution < -0.4 is 0 Å². The number of cyclic esters (lactones) is 1. The van der Waals surface area contributed by atoms with E-state index in [0.717, 1.165) is 12.7 Å². The summed E-state index contributed by atoms with van der Waals surface area (Å²) in [6.07, 6.45) is -23.3. The molecule has 0 aromatic heterocycles. The molecule has 0 bridgehead atoms. The quantitative estimate of drug-likeness (QED) is 0.0511. The first-order valence-electron chi connectivity index (χ1n) is 29.0. The van der Waals surface area contributed by atoms with Crippen LogP contribution in [0.3, 0.4) is 0 Å². The molecule has 27 atom stereocenters. The van der Waals surface area contributed by atoms with E-state index in [0.29, 0.717) is 51.4 Å². The molecular weight excluding hydrogens is 1170 g/mol. The van der Waals surface area contributed by atoms with E-state index in [-0.39, 0.29) is 29.1 Å². The second-order valence-corrected chi connectivity index (χ2v) is 28.3. The summed E-state index contributed by atoms with van der Waals surface area (Å²) in [4.78, 5) is 27.4. The van der Waals surface area contributed by atoms with Crippen molar-refractivity contribution < 1.29 is 132 Å². The number of hydrogen-bond acceptors (Lipinski definition) is 26. The number of carbonyl (C=O) groups excluding carboxylic acids is 2. The van der Waals surface area contributed by atoms with Gasteiger partial charge in [0.15, 0.2) is 25.2 Å². The van der Waals surface area contributed by atoms with Crippen molar-refractivity contribution in [2.24, 2.45) is 39.4 Å². The van der Waals surface area contributed by atoms with Gasteiger partial charge in [-0.05, 0) is 102 Å². The summed E-state index contributed by atoms with van der Waals surface area (Å²) in [6, 6.07) is 0. The van der Waals surface area contributed by atoms with Gasteiger partial charge in [-0.1, -0.05) is 51.0 Å². The maximum absolute atomic E-state index is 14.7. The summed E-state index contributed by atoms with van der Waals surface area (Å²) < 4.78 is 140. The third-order valence-corrected chi connectivity index (χ3v) is 21.3. The fraction of sp³-hybridized carbons (Fsp3) is 0.891. The fourth-order valence-electron chi connectivity index (χ4n) is 16.4. The summed E-state index contributed by atoms with van der Waals surface area (Å²) in [5, 5.41) is 79.1. The topological polar surface area (TPSA) is 404 Å². The minimum Gasteiger partial charge on any atom is -0.462 e. The number of allylic oxidation sites excluding steroid dienone is 4. The van der Waals surface area contributed by atoms with Gasteiger partial charge in [0.1, 0.15) is 91.1 Å². The van der Waals surface area contributed by atoms with Crippen molar-refractivity contribution in [3.8, 4) is 0 Å². The van der Waals surface area contributed by atoms with Gasteiger partial charge in [-0.3, -0.25) is 18.7 Å². The molecule has 30 heteroatoms. The van der Waals surface area contributed by atoms with Crippen molar-refractivity contribution in [3.63, 3.8) is 0 Å². The molecule has 0 aromatic rings. The highest BCUT2D eigenvalue weighted by Crippen LogP contribution is 2.77. The van der Waals surface area contributed by atoms with E-state index in [9.17, 15) is 66.7 Å². The molecule has 85 heavy (non-hydrogen) atoms. The van der Waals surface area contributed by atoms with E-state index in [1.54, 1.807) is 0 Å². The Morgan fingerprint density at radius 2 is 1.38 bits per heavy atom. The lowest BCUT2D eigenvalue weighted by Gasteiger charge is -2.64. The average Bonchev–Trinajstić information content (AvgIpc) is 1.53. The number of carbonyl (C=O) groups is 2. The van der Waals surface area contributed by atoms with Gasteiger partial charge in [-0.15, -0.1) is 0 Å². The van der Waals surface area contributed by atoms with Crippen LogP contribution in [0.4, 0.5) is 0 Å². The summed E-state index contributed by atoms with van der Waals surface area (Å²) in [7, 11) is -9.10. The molecular formula is C55H86O28S2. The highest BCUT2D eigenvalue weighted by Gasteiger charge is 2.79. The maximum atomic E-state index is 14.7. The number of fused-ring (bicyclic) bond motifs is 4. The summed E-state index contributed by atoms with van der Waals surface area (Å²) in [5.41, 5.74) is -1.15. The summed E-state index contributed by atoms with van der Waals surface area (Å²) >= 11 is 0. The monoisotopic (exact) mass is 1260 g/mol. The van der Waals surface area contributed by atoms with E-state index in [1.807, 2.05) is 20.8 Å². The standard InChI is InChI=1S/C55H86O28S2/c1-24(2)12-11-17-54(9)45-30(76-26(4)56)20-53(8)28-13-14-33-51(5,6)34(16-18-52(33,7)27(28)15-19-55(45,53)50(64)82-54)78-49-44(36(59)32(22-73-49)83-85(68,69)70)81-47-38(61)37(60)41(25(3)75-47)79-46-39(62)42(29(57)21-72-46)80-48-40(63)43(71-10)35(58)31(77-48)23-74-84(65,66)67/h12-13,25,27,29-49,57-63H,11,14-23H2,1-10H3,(H,65,66,67)(H,68,69,70)/t25-,27-,29-,30+,31-,32-,33+,34+,35-,36+,37-,38-,39-,40-,41-,42+,43+,44-,45-,46+,47+,48+,49+,52-,53+,54+,55-/m1/s1. The Bertz CT molecular complexity index is 2730. The van der Waals surface area contributed by atoms with Crippen LogP contribution in [0.5, 0.6) is 0 Å². The molecule has 4 aliphatic carbocycles. The van der Waals surface area contributed by atoms with Crippen LogP contribution in [0.2, 0.25) is 0 Å². The van der Waals surface area contributed by atoms with Crippen LogP contribution in [-0.2, 0) is 90.9 Å². The number of esters is 2. The zero-order chi connectivity index (χ0) is 62.5. The second kappa shape index (κ2) is 24.6. The molecule has 5 heterocycles. The van der Waals surface area contributed by atoms with Gasteiger partial charge >= 0.3 is 32.7 Å². The number of hydrogen-bond donors (Lipinski definition) is 9. The largest absolute Gasteiger partial charge is 0.462 e. The highest BCUT2D eigenvalue weighted by molar-refractivity contribution is 7.81. The van der Waals surface area contributed by atoms with Crippen molar-refractivity contribution in [1.29, 1.82) is 0 Å². The van der Waals surface area contributed by atoms with Crippen LogP contribution >= 0.6 is 0 Å². The van der Waals surface area contributed by atoms with Crippen LogP contribution in [0.1, 0.15) is 114 Å². The Hall–Kier alpha value is -2.48. The van der Waals surface area contributed by atoms with Gasteiger partial charge in [-0.2, -0.15) is 16.8 Å². The van der Waals surface area contributed by atoms with E-state index in [1.165, 1.54) is 19.4 Å². The molecule has 8 fully saturated rings. The lowest BCUT2D eigenvalue weighted by Crippen LogP contribution is -2.65. The number of methoxy groups -OCH3 is 1. The Kier molecular flexibility index (Phi) is 19.4. The first-order valence-corrected chi connectivity index (χ1v) is 31.7. The molecule has 5 aliphatic heterocycles. The van der Waals surface area contributed by atoms with Gasteiger partial charge in [0.25, 0.3) is 0 Å². The Morgan fingerprint density at radius 3 is 2.02 bits per heavy atom. The van der Waals surface area contributed by atoms with Crippen molar-refractivity contribution in [1.82, 2.24) is 0 Å². The summed E-state index contributed by atoms with van der Waals surface area (Å²) in [6.45, 7) is 15.2. The van der Waals surface area contributed by atoms with Crippen LogP contribution in [0, 0.1) is 39.4 Å². The van der Waals surface area contributed by atoms with Gasteiger partial charge in [0, 0.05) is 19.4 Å². The van der Waals surface area contributed by atoms with Crippen molar-refractivity contribution in [3.05, 3.63) is 23.3 Å².